The molecule has 2 atom stereocenters. The van der Waals surface area contributed by atoms with Gasteiger partial charge in [0.15, 0.2) is 0 Å². The molecule has 1 fully saturated rings. The van der Waals surface area contributed by atoms with Crippen LogP contribution in [0.3, 0.4) is 0 Å². The molecule has 0 radical (unpaired) electrons. The second kappa shape index (κ2) is 2.75. The van der Waals surface area contributed by atoms with Crippen molar-refractivity contribution in [2.75, 3.05) is 6.61 Å². The molecule has 3 N–H and O–H groups in total. The Kier molecular flexibility index (Phi) is 2.06. The molecule has 5 heteroatoms. The molecule has 0 aromatic carbocycles. The number of rotatable bonds is 3. The molecule has 68 valence electrons. The highest BCUT2D eigenvalue weighted by Crippen LogP contribution is 2.42. The van der Waals surface area contributed by atoms with E-state index < -0.39 is 23.4 Å². The first-order valence-electron chi connectivity index (χ1n) is 3.71. The molecule has 0 aromatic heterocycles. The Hall–Kier alpha value is -1.10. The van der Waals surface area contributed by atoms with E-state index in [1.54, 1.807) is 6.92 Å². The number of carbonyl (C=O) groups is 2. The Labute approximate surface area is 69.5 Å². The van der Waals surface area contributed by atoms with Crippen molar-refractivity contribution in [1.82, 2.24) is 0 Å². The van der Waals surface area contributed by atoms with Gasteiger partial charge in [-0.15, -0.1) is 0 Å². The van der Waals surface area contributed by atoms with Crippen molar-refractivity contribution in [3.8, 4) is 0 Å². The first-order chi connectivity index (χ1) is 5.52. The van der Waals surface area contributed by atoms with E-state index in [0.29, 0.717) is 0 Å². The van der Waals surface area contributed by atoms with Crippen molar-refractivity contribution in [1.29, 1.82) is 0 Å². The normalized spacial score (nSPS) is 32.7. The Balaban J connectivity index is 2.54. The summed E-state index contributed by atoms with van der Waals surface area (Å²) in [5, 5.41) is 8.52. The van der Waals surface area contributed by atoms with Crippen molar-refractivity contribution >= 4 is 11.9 Å². The van der Waals surface area contributed by atoms with Gasteiger partial charge in [-0.3, -0.25) is 9.59 Å². The summed E-state index contributed by atoms with van der Waals surface area (Å²) in [7, 11) is 0. The van der Waals surface area contributed by atoms with E-state index in [1.165, 1.54) is 0 Å². The molecule has 1 rings (SSSR count). The number of nitrogens with two attached hydrogens (primary N) is 1. The summed E-state index contributed by atoms with van der Waals surface area (Å²) in [5.41, 5.74) is 4.20. The lowest BCUT2D eigenvalue weighted by atomic mass is 10.2. The fraction of sp³-hybridized carbons (Fsp3) is 0.714. The molecule has 1 saturated carbocycles. The summed E-state index contributed by atoms with van der Waals surface area (Å²) in [6.07, 6.45) is 0.182. The predicted molar refractivity (Wildman–Crippen MR) is 39.3 cm³/mol. The van der Waals surface area contributed by atoms with Gasteiger partial charge in [-0.25, -0.2) is 0 Å². The minimum Gasteiger partial charge on any atom is -0.481 e. The lowest BCUT2D eigenvalue weighted by Crippen LogP contribution is -2.38. The largest absolute Gasteiger partial charge is 0.481 e. The third-order valence-electron chi connectivity index (χ3n) is 1.96. The molecule has 12 heavy (non-hydrogen) atoms. The number of carboxylic acid groups (broad SMARTS) is 1. The Morgan fingerprint density at radius 2 is 2.33 bits per heavy atom. The molecule has 0 bridgehead atoms. The summed E-state index contributed by atoms with van der Waals surface area (Å²) in [4.78, 5) is 21.4. The number of ether oxygens (including phenoxy) is 1. The van der Waals surface area contributed by atoms with Crippen LogP contribution in [0, 0.1) is 5.92 Å². The van der Waals surface area contributed by atoms with Gasteiger partial charge in [0.05, 0.1) is 12.5 Å². The van der Waals surface area contributed by atoms with Crippen LogP contribution in [0.1, 0.15) is 13.3 Å². The number of carboxylic acids is 1. The molecule has 5 nitrogen and oxygen atoms in total. The van der Waals surface area contributed by atoms with Gasteiger partial charge in [0.2, 0.25) is 0 Å². The second-order valence-corrected chi connectivity index (χ2v) is 2.86. The Morgan fingerprint density at radius 3 is 2.67 bits per heavy atom. The van der Waals surface area contributed by atoms with Crippen molar-refractivity contribution in [2.24, 2.45) is 11.7 Å². The van der Waals surface area contributed by atoms with Crippen LogP contribution in [0.15, 0.2) is 0 Å². The molecule has 0 spiro atoms. The van der Waals surface area contributed by atoms with E-state index in [1.807, 2.05) is 0 Å². The van der Waals surface area contributed by atoms with Gasteiger partial charge in [0.25, 0.3) is 0 Å². The zero-order valence-electron chi connectivity index (χ0n) is 6.74. The molecule has 0 unspecified atom stereocenters. The first kappa shape index (κ1) is 8.99. The van der Waals surface area contributed by atoms with E-state index in [9.17, 15) is 9.59 Å². The molecule has 1 aliphatic carbocycles. The molecular formula is C7H11NO4. The fourth-order valence-corrected chi connectivity index (χ4v) is 1.08. The topological polar surface area (TPSA) is 89.6 Å². The molecule has 0 amide bonds. The van der Waals surface area contributed by atoms with Crippen LogP contribution in [0.2, 0.25) is 0 Å². The lowest BCUT2D eigenvalue weighted by Gasteiger charge is -2.07. The number of esters is 1. The number of carbonyl (C=O) groups excluding carboxylic acids is 1. The molecular weight excluding hydrogens is 162 g/mol. The van der Waals surface area contributed by atoms with E-state index >= 15 is 0 Å². The molecule has 0 aromatic rings. The van der Waals surface area contributed by atoms with Crippen LogP contribution < -0.4 is 5.73 Å². The summed E-state index contributed by atoms with van der Waals surface area (Å²) in [5.74, 6) is -2.42. The van der Waals surface area contributed by atoms with Crippen molar-refractivity contribution in [3.05, 3.63) is 0 Å². The predicted octanol–water partition coefficient (Wildman–Crippen LogP) is -0.648. The van der Waals surface area contributed by atoms with Crippen LogP contribution in [0.25, 0.3) is 0 Å². The van der Waals surface area contributed by atoms with Crippen LogP contribution in [0.5, 0.6) is 0 Å². The molecule has 1 aliphatic rings. The molecule has 0 heterocycles. The summed E-state index contributed by atoms with van der Waals surface area (Å²) >= 11 is 0. The van der Waals surface area contributed by atoms with E-state index in [-0.39, 0.29) is 13.0 Å². The van der Waals surface area contributed by atoms with Crippen LogP contribution >= 0.6 is 0 Å². The summed E-state index contributed by atoms with van der Waals surface area (Å²) < 4.78 is 4.62. The summed E-state index contributed by atoms with van der Waals surface area (Å²) in [6, 6.07) is 0. The van der Waals surface area contributed by atoms with Gasteiger partial charge in [-0.1, -0.05) is 0 Å². The second-order valence-electron chi connectivity index (χ2n) is 2.86. The van der Waals surface area contributed by atoms with Gasteiger partial charge in [0.1, 0.15) is 5.54 Å². The Morgan fingerprint density at radius 1 is 1.75 bits per heavy atom. The van der Waals surface area contributed by atoms with Crippen LogP contribution in [-0.2, 0) is 14.3 Å². The number of hydrogen-bond acceptors (Lipinski definition) is 4. The zero-order valence-corrected chi connectivity index (χ0v) is 6.74. The monoisotopic (exact) mass is 173 g/mol. The number of aliphatic carboxylic acids is 1. The zero-order chi connectivity index (χ0) is 9.35. The number of hydrogen-bond donors (Lipinski definition) is 2. The maximum atomic E-state index is 11.0. The maximum Gasteiger partial charge on any atom is 0.327 e. The maximum absolute atomic E-state index is 11.0. The average Bonchev–Trinajstić information content (AvgIpc) is 2.65. The highest BCUT2D eigenvalue weighted by atomic mass is 16.5. The van der Waals surface area contributed by atoms with Crippen molar-refractivity contribution < 1.29 is 19.4 Å². The van der Waals surface area contributed by atoms with Crippen molar-refractivity contribution in [3.63, 3.8) is 0 Å². The van der Waals surface area contributed by atoms with Gasteiger partial charge < -0.3 is 15.6 Å². The van der Waals surface area contributed by atoms with Crippen LogP contribution in [0.4, 0.5) is 0 Å². The SMILES string of the molecule is CCOC(=O)[C@]1(N)C[C@@H]1C(=O)O. The van der Waals surface area contributed by atoms with Gasteiger partial charge in [-0.2, -0.15) is 0 Å². The third-order valence-corrected chi connectivity index (χ3v) is 1.96. The smallest absolute Gasteiger partial charge is 0.327 e. The average molecular weight is 173 g/mol. The standard InChI is InChI=1S/C7H11NO4/c1-2-12-6(11)7(8)3-4(7)5(9)10/h4H,2-3,8H2,1H3,(H,9,10)/t4-,7+/m1/s1. The third kappa shape index (κ3) is 1.27. The highest BCUT2D eigenvalue weighted by molar-refractivity contribution is 5.93. The first-order valence-corrected chi connectivity index (χ1v) is 3.71. The minimum atomic E-state index is -1.26. The minimum absolute atomic E-state index is 0.182. The van der Waals surface area contributed by atoms with E-state index in [0.717, 1.165) is 0 Å². The summed E-state index contributed by atoms with van der Waals surface area (Å²) in [6.45, 7) is 1.88. The Bertz CT molecular complexity index is 227. The van der Waals surface area contributed by atoms with Gasteiger partial charge >= 0.3 is 11.9 Å². The van der Waals surface area contributed by atoms with E-state index in [4.69, 9.17) is 10.8 Å². The molecule has 0 saturated heterocycles. The van der Waals surface area contributed by atoms with Gasteiger partial charge in [-0.05, 0) is 13.3 Å². The van der Waals surface area contributed by atoms with E-state index in [2.05, 4.69) is 4.74 Å². The quantitative estimate of drug-likeness (QED) is 0.553. The molecule has 0 aliphatic heterocycles. The van der Waals surface area contributed by atoms with Crippen molar-refractivity contribution in [2.45, 2.75) is 18.9 Å². The lowest BCUT2D eigenvalue weighted by molar-refractivity contribution is -0.149. The van der Waals surface area contributed by atoms with Crippen LogP contribution in [-0.4, -0.2) is 29.2 Å². The van der Waals surface area contributed by atoms with Gasteiger partial charge in [0, 0.05) is 0 Å². The fourth-order valence-electron chi connectivity index (χ4n) is 1.08. The highest BCUT2D eigenvalue weighted by Gasteiger charge is 2.62.